The monoisotopic (exact) mass is 367 g/mol. The average molecular weight is 367 g/mol. The number of benzene rings is 2. The lowest BCUT2D eigenvalue weighted by molar-refractivity contribution is -0.383. The fourth-order valence-electron chi connectivity index (χ4n) is 2.03. The number of carbonyl (C=O) groups excluding carboxylic acids is 1. The Morgan fingerprint density at radius 2 is 1.80 bits per heavy atom. The number of halogens is 2. The van der Waals surface area contributed by atoms with Gasteiger partial charge in [0.25, 0.3) is 11.4 Å². The second-order valence-electron chi connectivity index (χ2n) is 5.03. The number of para-hydroxylation sites is 2. The van der Waals surface area contributed by atoms with E-state index in [0.717, 1.165) is 0 Å². The number of carbonyl (C=O) groups is 1. The lowest BCUT2D eigenvalue weighted by Crippen LogP contribution is -2.32. The summed E-state index contributed by atoms with van der Waals surface area (Å²) in [5, 5.41) is 16.4. The zero-order valence-electron chi connectivity index (χ0n) is 13.1. The van der Waals surface area contributed by atoms with Crippen LogP contribution in [0.2, 0.25) is 0 Å². The van der Waals surface area contributed by atoms with Crippen molar-refractivity contribution >= 4 is 34.7 Å². The molecule has 2 aromatic rings. The van der Waals surface area contributed by atoms with Crippen LogP contribution < -0.4 is 10.6 Å². The molecule has 9 heteroatoms. The first-order valence-electron chi connectivity index (χ1n) is 7.22. The molecule has 1 atom stereocenters. The second-order valence-corrected chi connectivity index (χ2v) is 6.10. The van der Waals surface area contributed by atoms with Crippen LogP contribution in [-0.2, 0) is 4.79 Å². The highest BCUT2D eigenvalue weighted by atomic mass is 32.2. The van der Waals surface area contributed by atoms with E-state index in [1.807, 2.05) is 0 Å². The van der Waals surface area contributed by atoms with Gasteiger partial charge in [-0.15, -0.1) is 0 Å². The molecule has 0 saturated heterocycles. The molecule has 25 heavy (non-hydrogen) atoms. The first-order chi connectivity index (χ1) is 11.9. The van der Waals surface area contributed by atoms with E-state index in [9.17, 15) is 23.7 Å². The van der Waals surface area contributed by atoms with Crippen LogP contribution in [0.4, 0.5) is 25.8 Å². The summed E-state index contributed by atoms with van der Waals surface area (Å²) in [5.41, 5.74) is 0.482. The molecular formula is C16H15F2N3O3S. The molecule has 2 N–H and O–H groups in total. The van der Waals surface area contributed by atoms with Crippen LogP contribution in [0.25, 0.3) is 0 Å². The van der Waals surface area contributed by atoms with Gasteiger partial charge in [0.15, 0.2) is 0 Å². The van der Waals surface area contributed by atoms with Crippen LogP contribution in [0, 0.1) is 10.1 Å². The largest absolute Gasteiger partial charge is 0.374 e. The van der Waals surface area contributed by atoms with Gasteiger partial charge in [0.1, 0.15) is 11.7 Å². The Kier molecular flexibility index (Phi) is 6.29. The van der Waals surface area contributed by atoms with Crippen LogP contribution in [0.15, 0.2) is 53.4 Å². The van der Waals surface area contributed by atoms with E-state index in [4.69, 9.17) is 0 Å². The van der Waals surface area contributed by atoms with Crippen molar-refractivity contribution in [2.24, 2.45) is 0 Å². The van der Waals surface area contributed by atoms with Gasteiger partial charge >= 0.3 is 0 Å². The minimum Gasteiger partial charge on any atom is -0.374 e. The highest BCUT2D eigenvalue weighted by molar-refractivity contribution is 7.99. The highest BCUT2D eigenvalue weighted by Gasteiger charge is 2.18. The summed E-state index contributed by atoms with van der Waals surface area (Å²) in [5.74, 6) is -2.95. The van der Waals surface area contributed by atoms with Gasteiger partial charge in [0.05, 0.1) is 4.92 Å². The van der Waals surface area contributed by atoms with E-state index in [1.54, 1.807) is 25.1 Å². The number of nitro groups is 1. The number of nitrogens with one attached hydrogen (secondary N) is 2. The van der Waals surface area contributed by atoms with E-state index in [2.05, 4.69) is 10.6 Å². The maximum absolute atomic E-state index is 12.3. The number of nitro benzene ring substituents is 1. The van der Waals surface area contributed by atoms with E-state index >= 15 is 0 Å². The Balaban J connectivity index is 2.00. The summed E-state index contributed by atoms with van der Waals surface area (Å²) in [6, 6.07) is 11.4. The number of rotatable bonds is 7. The molecule has 0 aromatic heterocycles. The number of thioether (sulfide) groups is 1. The predicted molar refractivity (Wildman–Crippen MR) is 93.1 cm³/mol. The fourth-order valence-corrected chi connectivity index (χ4v) is 2.53. The van der Waals surface area contributed by atoms with Crippen molar-refractivity contribution in [3.63, 3.8) is 0 Å². The van der Waals surface area contributed by atoms with Gasteiger partial charge in [-0.25, -0.2) is 0 Å². The maximum atomic E-state index is 12.3. The first kappa shape index (κ1) is 18.7. The molecule has 132 valence electrons. The molecule has 0 aliphatic rings. The van der Waals surface area contributed by atoms with E-state index < -0.39 is 22.6 Å². The van der Waals surface area contributed by atoms with Crippen LogP contribution in [0.3, 0.4) is 0 Å². The number of anilines is 2. The second kappa shape index (κ2) is 8.43. The van der Waals surface area contributed by atoms with Crippen molar-refractivity contribution in [3.8, 4) is 0 Å². The van der Waals surface area contributed by atoms with Gasteiger partial charge in [-0.05, 0) is 37.3 Å². The normalized spacial score (nSPS) is 11.8. The van der Waals surface area contributed by atoms with Gasteiger partial charge in [-0.3, -0.25) is 14.9 Å². The van der Waals surface area contributed by atoms with Crippen LogP contribution >= 0.6 is 11.8 Å². The van der Waals surface area contributed by atoms with Crippen molar-refractivity contribution in [2.75, 3.05) is 10.6 Å². The zero-order chi connectivity index (χ0) is 18.4. The molecule has 2 aromatic carbocycles. The molecular weight excluding hydrogens is 352 g/mol. The summed E-state index contributed by atoms with van der Waals surface area (Å²) in [4.78, 5) is 23.0. The lowest BCUT2D eigenvalue weighted by atomic mass is 10.2. The van der Waals surface area contributed by atoms with Gasteiger partial charge < -0.3 is 10.6 Å². The molecule has 0 aliphatic carbocycles. The molecule has 6 nitrogen and oxygen atoms in total. The number of nitrogens with zero attached hydrogens (tertiary/aromatic N) is 1. The minimum absolute atomic E-state index is 0.106. The molecule has 2 rings (SSSR count). The van der Waals surface area contributed by atoms with E-state index in [1.165, 1.54) is 30.3 Å². The topological polar surface area (TPSA) is 84.3 Å². The Hall–Kier alpha value is -2.68. The summed E-state index contributed by atoms with van der Waals surface area (Å²) in [6.07, 6.45) is 0. The Morgan fingerprint density at radius 3 is 2.40 bits per heavy atom. The van der Waals surface area contributed by atoms with E-state index in [-0.39, 0.29) is 11.4 Å². The first-order valence-corrected chi connectivity index (χ1v) is 8.10. The third-order valence-corrected chi connectivity index (χ3v) is 3.94. The van der Waals surface area contributed by atoms with Gasteiger partial charge in [-0.1, -0.05) is 23.9 Å². The number of amides is 1. The molecule has 0 aliphatic heterocycles. The Labute approximate surface area is 146 Å². The fraction of sp³-hybridized carbons (Fsp3) is 0.188. The Morgan fingerprint density at radius 1 is 1.16 bits per heavy atom. The molecule has 1 amide bonds. The van der Waals surface area contributed by atoms with Gasteiger partial charge in [0, 0.05) is 16.6 Å². The predicted octanol–water partition coefficient (Wildman–Crippen LogP) is 4.35. The highest BCUT2D eigenvalue weighted by Crippen LogP contribution is 2.26. The smallest absolute Gasteiger partial charge is 0.292 e. The summed E-state index contributed by atoms with van der Waals surface area (Å²) in [6.45, 7) is 1.59. The molecule has 0 spiro atoms. The van der Waals surface area contributed by atoms with Crippen molar-refractivity contribution in [1.82, 2.24) is 0 Å². The maximum Gasteiger partial charge on any atom is 0.292 e. The standard InChI is InChI=1S/C16H15F2N3O3S/c1-10(19-11-6-8-12(9-7-11)25-16(17)18)15(22)20-13-4-2-3-5-14(13)21(23)24/h2-10,16,19H,1H3,(H,20,22)/t10-/m1/s1. The van der Waals surface area contributed by atoms with Gasteiger partial charge in [-0.2, -0.15) is 8.78 Å². The zero-order valence-corrected chi connectivity index (χ0v) is 13.9. The van der Waals surface area contributed by atoms with Crippen LogP contribution in [-0.4, -0.2) is 22.6 Å². The van der Waals surface area contributed by atoms with Crippen molar-refractivity contribution in [1.29, 1.82) is 0 Å². The number of hydrogen-bond donors (Lipinski definition) is 2. The summed E-state index contributed by atoms with van der Waals surface area (Å²) < 4.78 is 24.6. The lowest BCUT2D eigenvalue weighted by Gasteiger charge is -2.15. The quantitative estimate of drug-likeness (QED) is 0.432. The molecule has 0 fully saturated rings. The number of alkyl halides is 2. The molecule has 0 saturated carbocycles. The van der Waals surface area contributed by atoms with Crippen molar-refractivity contribution in [2.45, 2.75) is 23.6 Å². The van der Waals surface area contributed by atoms with Crippen molar-refractivity contribution < 1.29 is 18.5 Å². The molecule has 0 unspecified atom stereocenters. The summed E-state index contributed by atoms with van der Waals surface area (Å²) >= 11 is 0.434. The molecule has 0 bridgehead atoms. The molecule has 0 radical (unpaired) electrons. The van der Waals surface area contributed by atoms with Crippen LogP contribution in [0.5, 0.6) is 0 Å². The minimum atomic E-state index is -2.50. The third-order valence-electron chi connectivity index (χ3n) is 3.21. The van der Waals surface area contributed by atoms with Gasteiger partial charge in [0.2, 0.25) is 5.91 Å². The summed E-state index contributed by atoms with van der Waals surface area (Å²) in [7, 11) is 0. The average Bonchev–Trinajstić information content (AvgIpc) is 2.56. The van der Waals surface area contributed by atoms with E-state index in [0.29, 0.717) is 22.3 Å². The third kappa shape index (κ3) is 5.42. The SMILES string of the molecule is C[C@@H](Nc1ccc(SC(F)F)cc1)C(=O)Nc1ccccc1[N+](=O)[O-]. The number of hydrogen-bond acceptors (Lipinski definition) is 5. The van der Waals surface area contributed by atoms with Crippen LogP contribution in [0.1, 0.15) is 6.92 Å². The van der Waals surface area contributed by atoms with Crippen molar-refractivity contribution in [3.05, 3.63) is 58.6 Å². The Bertz CT molecular complexity index is 757. The molecule has 0 heterocycles.